The number of hydrogen-bond acceptors (Lipinski definition) is 0. The van der Waals surface area contributed by atoms with Crippen molar-refractivity contribution in [2.24, 2.45) is 0 Å². The fraction of sp³-hybridized carbons (Fsp3) is 0.850. The van der Waals surface area contributed by atoms with Gasteiger partial charge in [0.15, 0.2) is 0 Å². The first-order valence-corrected chi connectivity index (χ1v) is 9.84. The summed E-state index contributed by atoms with van der Waals surface area (Å²) < 4.78 is 4.61. The molecule has 0 amide bonds. The van der Waals surface area contributed by atoms with E-state index >= 15 is 0 Å². The molecule has 2 nitrogen and oxygen atoms in total. The van der Waals surface area contributed by atoms with Gasteiger partial charge in [-0.15, -0.1) is 0 Å². The lowest BCUT2D eigenvalue weighted by atomic mass is 10.0. The van der Waals surface area contributed by atoms with Crippen molar-refractivity contribution in [3.05, 3.63) is 18.7 Å². The zero-order valence-corrected chi connectivity index (χ0v) is 15.4. The first kappa shape index (κ1) is 19.3. The number of nitrogens with zero attached hydrogens (tertiary/aromatic N) is 2. The van der Waals surface area contributed by atoms with Crippen molar-refractivity contribution in [1.82, 2.24) is 4.57 Å². The third-order valence-corrected chi connectivity index (χ3v) is 4.81. The van der Waals surface area contributed by atoms with Crippen LogP contribution in [-0.2, 0) is 6.54 Å². The molecule has 1 unspecified atom stereocenters. The van der Waals surface area contributed by atoms with Gasteiger partial charge in [-0.1, -0.05) is 71.1 Å². The van der Waals surface area contributed by atoms with Crippen LogP contribution in [0, 0.1) is 0 Å². The van der Waals surface area contributed by atoms with E-state index in [1.54, 1.807) is 0 Å². The largest absolute Gasteiger partial charge is 0.243 e. The molecule has 0 N–H and O–H groups in total. The van der Waals surface area contributed by atoms with E-state index in [4.69, 9.17) is 0 Å². The van der Waals surface area contributed by atoms with Crippen LogP contribution in [0.3, 0.4) is 0 Å². The Kier molecular flexibility index (Phi) is 11.1. The summed E-state index contributed by atoms with van der Waals surface area (Å²) in [7, 11) is 0. The minimum absolute atomic E-state index is 0.645. The van der Waals surface area contributed by atoms with E-state index < -0.39 is 0 Å². The second-order valence-electron chi connectivity index (χ2n) is 6.86. The average Bonchev–Trinajstić information content (AvgIpc) is 3.01. The monoisotopic (exact) mass is 307 g/mol. The summed E-state index contributed by atoms with van der Waals surface area (Å²) in [5, 5.41) is 0. The Morgan fingerprint density at radius 1 is 0.818 bits per heavy atom. The molecule has 1 aromatic rings. The molecule has 0 saturated heterocycles. The zero-order valence-electron chi connectivity index (χ0n) is 15.4. The van der Waals surface area contributed by atoms with Gasteiger partial charge in [0.25, 0.3) is 0 Å². The van der Waals surface area contributed by atoms with Gasteiger partial charge in [0, 0.05) is 0 Å². The van der Waals surface area contributed by atoms with Gasteiger partial charge in [-0.25, -0.2) is 9.13 Å². The smallest absolute Gasteiger partial charge is 0.237 e. The lowest BCUT2D eigenvalue weighted by molar-refractivity contribution is -0.720. The summed E-state index contributed by atoms with van der Waals surface area (Å²) in [6.07, 6.45) is 23.7. The molecule has 0 fully saturated rings. The second kappa shape index (κ2) is 12.7. The molecule has 22 heavy (non-hydrogen) atoms. The summed E-state index contributed by atoms with van der Waals surface area (Å²) in [6.45, 7) is 7.89. The third-order valence-electron chi connectivity index (χ3n) is 4.81. The van der Waals surface area contributed by atoms with Gasteiger partial charge in [0.2, 0.25) is 6.33 Å². The SMILES string of the molecule is CCCCCCCCCCCCCC(C)[n+]1ccn(CC)c1. The zero-order chi connectivity index (χ0) is 16.0. The van der Waals surface area contributed by atoms with Gasteiger partial charge in [0.1, 0.15) is 12.4 Å². The van der Waals surface area contributed by atoms with Gasteiger partial charge in [0.05, 0.1) is 12.6 Å². The van der Waals surface area contributed by atoms with Crippen molar-refractivity contribution in [2.75, 3.05) is 0 Å². The summed E-state index contributed by atoms with van der Waals surface area (Å²) in [6, 6.07) is 0.645. The Labute approximate surface area is 138 Å². The molecule has 1 rings (SSSR count). The molecule has 0 aliphatic carbocycles. The molecule has 1 heterocycles. The Morgan fingerprint density at radius 2 is 1.36 bits per heavy atom. The number of unbranched alkanes of at least 4 members (excludes halogenated alkanes) is 10. The van der Waals surface area contributed by atoms with Crippen LogP contribution < -0.4 is 4.57 Å². The fourth-order valence-electron chi connectivity index (χ4n) is 3.11. The molecule has 128 valence electrons. The molecular weight excluding hydrogens is 268 g/mol. The van der Waals surface area contributed by atoms with Crippen LogP contribution in [0.25, 0.3) is 0 Å². The van der Waals surface area contributed by atoms with Crippen LogP contribution in [0.1, 0.15) is 104 Å². The second-order valence-corrected chi connectivity index (χ2v) is 6.86. The molecule has 0 radical (unpaired) electrons. The molecule has 0 aliphatic heterocycles. The Bertz CT molecular complexity index is 356. The van der Waals surface area contributed by atoms with E-state index in [-0.39, 0.29) is 0 Å². The molecule has 2 heteroatoms. The van der Waals surface area contributed by atoms with Crippen molar-refractivity contribution >= 4 is 0 Å². The van der Waals surface area contributed by atoms with Crippen LogP contribution in [0.5, 0.6) is 0 Å². The normalized spacial score (nSPS) is 12.7. The molecular formula is C20H39N2+. The molecule has 0 aromatic carbocycles. The van der Waals surface area contributed by atoms with Gasteiger partial charge < -0.3 is 0 Å². The molecule has 0 bridgehead atoms. The van der Waals surface area contributed by atoms with Crippen LogP contribution in [0.4, 0.5) is 0 Å². The summed E-state index contributed by atoms with van der Waals surface area (Å²) in [5.41, 5.74) is 0. The number of aryl methyl sites for hydroxylation is 1. The average molecular weight is 308 g/mol. The van der Waals surface area contributed by atoms with E-state index in [1.807, 2.05) is 0 Å². The van der Waals surface area contributed by atoms with E-state index in [0.717, 1.165) is 6.54 Å². The Hall–Kier alpha value is -0.790. The van der Waals surface area contributed by atoms with E-state index in [9.17, 15) is 0 Å². The molecule has 1 atom stereocenters. The number of hydrogen-bond donors (Lipinski definition) is 0. The third kappa shape index (κ3) is 8.60. The van der Waals surface area contributed by atoms with Crippen LogP contribution >= 0.6 is 0 Å². The summed E-state index contributed by atoms with van der Waals surface area (Å²) in [5.74, 6) is 0. The number of rotatable bonds is 14. The molecule has 0 aliphatic rings. The minimum atomic E-state index is 0.645. The first-order valence-electron chi connectivity index (χ1n) is 9.84. The maximum Gasteiger partial charge on any atom is 0.243 e. The Balaban J connectivity index is 1.90. The standard InChI is InChI=1S/C20H39N2/c1-4-6-7-8-9-10-11-12-13-14-15-16-20(3)22-18-17-21(5-2)19-22/h17-20H,4-16H2,1-3H3/q+1. The van der Waals surface area contributed by atoms with E-state index in [2.05, 4.69) is 48.6 Å². The highest BCUT2D eigenvalue weighted by Gasteiger charge is 2.10. The van der Waals surface area contributed by atoms with Crippen molar-refractivity contribution in [2.45, 2.75) is 110 Å². The topological polar surface area (TPSA) is 8.81 Å². The summed E-state index contributed by atoms with van der Waals surface area (Å²) in [4.78, 5) is 0. The highest BCUT2D eigenvalue weighted by atomic mass is 15.1. The molecule has 1 aromatic heterocycles. The predicted octanol–water partition coefficient (Wildman–Crippen LogP) is 6.06. The van der Waals surface area contributed by atoms with Crippen molar-refractivity contribution in [3.8, 4) is 0 Å². The van der Waals surface area contributed by atoms with Crippen molar-refractivity contribution < 1.29 is 4.57 Å². The van der Waals surface area contributed by atoms with Gasteiger partial charge in [-0.2, -0.15) is 0 Å². The lowest BCUT2D eigenvalue weighted by Gasteiger charge is -2.07. The molecule has 0 spiro atoms. The Morgan fingerprint density at radius 3 is 1.86 bits per heavy atom. The van der Waals surface area contributed by atoms with Gasteiger partial charge in [-0.05, 0) is 26.7 Å². The van der Waals surface area contributed by atoms with Crippen molar-refractivity contribution in [1.29, 1.82) is 0 Å². The lowest BCUT2D eigenvalue weighted by Crippen LogP contribution is -2.35. The number of imidazole rings is 1. The maximum atomic E-state index is 2.36. The van der Waals surface area contributed by atoms with Gasteiger partial charge >= 0.3 is 0 Å². The summed E-state index contributed by atoms with van der Waals surface area (Å²) >= 11 is 0. The van der Waals surface area contributed by atoms with E-state index in [0.29, 0.717) is 6.04 Å². The highest BCUT2D eigenvalue weighted by molar-refractivity contribution is 4.66. The van der Waals surface area contributed by atoms with Crippen molar-refractivity contribution in [3.63, 3.8) is 0 Å². The minimum Gasteiger partial charge on any atom is -0.237 e. The number of aromatic nitrogens is 2. The maximum absolute atomic E-state index is 2.36. The highest BCUT2D eigenvalue weighted by Crippen LogP contribution is 2.14. The fourth-order valence-corrected chi connectivity index (χ4v) is 3.11. The first-order chi connectivity index (χ1) is 10.8. The van der Waals surface area contributed by atoms with Gasteiger partial charge in [-0.3, -0.25) is 0 Å². The van der Waals surface area contributed by atoms with Crippen LogP contribution in [0.2, 0.25) is 0 Å². The molecule has 0 saturated carbocycles. The van der Waals surface area contributed by atoms with Crippen LogP contribution in [0.15, 0.2) is 18.7 Å². The quantitative estimate of drug-likeness (QED) is 0.292. The predicted molar refractivity (Wildman–Crippen MR) is 96.1 cm³/mol. The van der Waals surface area contributed by atoms with Crippen LogP contribution in [-0.4, -0.2) is 4.57 Å². The van der Waals surface area contributed by atoms with E-state index in [1.165, 1.54) is 77.0 Å².